The minimum atomic E-state index is -0.434. The van der Waals surface area contributed by atoms with Gasteiger partial charge < -0.3 is 10.1 Å². The zero-order valence-corrected chi connectivity index (χ0v) is 8.17. The molecular formula is C11H10FNO2. The smallest absolute Gasteiger partial charge is 0.251 e. The van der Waals surface area contributed by atoms with E-state index in [9.17, 15) is 9.18 Å². The maximum atomic E-state index is 13.5. The van der Waals surface area contributed by atoms with E-state index in [1.165, 1.54) is 12.1 Å². The highest BCUT2D eigenvalue weighted by molar-refractivity contribution is 5.80. The number of benzene rings is 1. The van der Waals surface area contributed by atoms with E-state index in [1.807, 2.05) is 0 Å². The van der Waals surface area contributed by atoms with Gasteiger partial charge in [-0.25, -0.2) is 4.39 Å². The molecule has 15 heavy (non-hydrogen) atoms. The SMILES string of the molecule is Cc1cc2c(F)cc(CO)cc2[nH]c1=O. The minimum Gasteiger partial charge on any atom is -0.392 e. The van der Waals surface area contributed by atoms with Crippen molar-refractivity contribution in [2.75, 3.05) is 0 Å². The van der Waals surface area contributed by atoms with E-state index in [0.29, 0.717) is 22.0 Å². The van der Waals surface area contributed by atoms with Gasteiger partial charge in [0.2, 0.25) is 0 Å². The molecule has 0 aliphatic rings. The number of aromatic nitrogens is 1. The molecule has 2 rings (SSSR count). The molecule has 0 atom stereocenters. The number of aliphatic hydroxyl groups excluding tert-OH is 1. The Hall–Kier alpha value is -1.68. The number of pyridine rings is 1. The molecule has 0 bridgehead atoms. The molecule has 0 aliphatic heterocycles. The van der Waals surface area contributed by atoms with Crippen LogP contribution in [0.5, 0.6) is 0 Å². The van der Waals surface area contributed by atoms with Gasteiger partial charge in [-0.3, -0.25) is 4.79 Å². The third-order valence-corrected chi connectivity index (χ3v) is 2.34. The summed E-state index contributed by atoms with van der Waals surface area (Å²) in [5.74, 6) is -0.434. The second kappa shape index (κ2) is 3.47. The second-order valence-corrected chi connectivity index (χ2v) is 3.48. The van der Waals surface area contributed by atoms with E-state index in [2.05, 4.69) is 4.98 Å². The number of aliphatic hydroxyl groups is 1. The molecule has 1 aromatic carbocycles. The Balaban J connectivity index is 2.86. The van der Waals surface area contributed by atoms with E-state index >= 15 is 0 Å². The number of aryl methyl sites for hydroxylation is 1. The second-order valence-electron chi connectivity index (χ2n) is 3.48. The van der Waals surface area contributed by atoms with Crippen LogP contribution >= 0.6 is 0 Å². The number of nitrogens with one attached hydrogen (secondary N) is 1. The van der Waals surface area contributed by atoms with Gasteiger partial charge in [-0.2, -0.15) is 0 Å². The van der Waals surface area contributed by atoms with Crippen LogP contribution in [0.2, 0.25) is 0 Å². The van der Waals surface area contributed by atoms with Crippen LogP contribution in [0.1, 0.15) is 11.1 Å². The zero-order chi connectivity index (χ0) is 11.0. The summed E-state index contributed by atoms with van der Waals surface area (Å²) in [6, 6.07) is 4.34. The van der Waals surface area contributed by atoms with Crippen molar-refractivity contribution in [1.82, 2.24) is 4.98 Å². The third-order valence-electron chi connectivity index (χ3n) is 2.34. The highest BCUT2D eigenvalue weighted by Gasteiger charge is 2.05. The lowest BCUT2D eigenvalue weighted by atomic mass is 10.1. The molecule has 2 aromatic rings. The van der Waals surface area contributed by atoms with Crippen molar-refractivity contribution < 1.29 is 9.50 Å². The van der Waals surface area contributed by atoms with Gasteiger partial charge in [0.05, 0.1) is 12.1 Å². The lowest BCUT2D eigenvalue weighted by Gasteiger charge is -2.03. The number of H-pyrrole nitrogens is 1. The van der Waals surface area contributed by atoms with Crippen molar-refractivity contribution in [3.05, 3.63) is 45.5 Å². The highest BCUT2D eigenvalue weighted by Crippen LogP contribution is 2.17. The lowest BCUT2D eigenvalue weighted by molar-refractivity contribution is 0.281. The van der Waals surface area contributed by atoms with Gasteiger partial charge in [0, 0.05) is 10.9 Å². The van der Waals surface area contributed by atoms with Crippen molar-refractivity contribution in [1.29, 1.82) is 0 Å². The molecule has 0 fully saturated rings. The summed E-state index contributed by atoms with van der Waals surface area (Å²) in [6.45, 7) is 1.38. The molecule has 0 spiro atoms. The van der Waals surface area contributed by atoms with Crippen molar-refractivity contribution in [3.63, 3.8) is 0 Å². The monoisotopic (exact) mass is 207 g/mol. The summed E-state index contributed by atoms with van der Waals surface area (Å²) in [7, 11) is 0. The van der Waals surface area contributed by atoms with Crippen molar-refractivity contribution in [3.8, 4) is 0 Å². The number of aromatic amines is 1. The summed E-state index contributed by atoms with van der Waals surface area (Å²) in [5.41, 5.74) is 1.09. The van der Waals surface area contributed by atoms with Gasteiger partial charge in [0.15, 0.2) is 0 Å². The molecule has 78 valence electrons. The van der Waals surface area contributed by atoms with Crippen LogP contribution in [-0.2, 0) is 6.61 Å². The maximum Gasteiger partial charge on any atom is 0.251 e. The van der Waals surface area contributed by atoms with Crippen molar-refractivity contribution in [2.45, 2.75) is 13.5 Å². The van der Waals surface area contributed by atoms with Crippen molar-refractivity contribution >= 4 is 10.9 Å². The fourth-order valence-electron chi connectivity index (χ4n) is 1.52. The van der Waals surface area contributed by atoms with Crippen LogP contribution in [0, 0.1) is 12.7 Å². The first-order valence-electron chi connectivity index (χ1n) is 4.54. The molecule has 0 amide bonds. The Kier molecular flexibility index (Phi) is 2.28. The predicted molar refractivity (Wildman–Crippen MR) is 55.2 cm³/mol. The molecule has 3 nitrogen and oxygen atoms in total. The topological polar surface area (TPSA) is 53.1 Å². The van der Waals surface area contributed by atoms with E-state index < -0.39 is 5.82 Å². The molecular weight excluding hydrogens is 197 g/mol. The first-order chi connectivity index (χ1) is 7.11. The molecule has 4 heteroatoms. The summed E-state index contributed by atoms with van der Waals surface area (Å²) >= 11 is 0. The third kappa shape index (κ3) is 1.64. The fourth-order valence-corrected chi connectivity index (χ4v) is 1.52. The van der Waals surface area contributed by atoms with Crippen LogP contribution in [-0.4, -0.2) is 10.1 Å². The summed E-state index contributed by atoms with van der Waals surface area (Å²) in [5, 5.41) is 9.25. The largest absolute Gasteiger partial charge is 0.392 e. The predicted octanol–water partition coefficient (Wildman–Crippen LogP) is 1.47. The fraction of sp³-hybridized carbons (Fsp3) is 0.182. The van der Waals surface area contributed by atoms with Crippen LogP contribution in [0.25, 0.3) is 10.9 Å². The van der Waals surface area contributed by atoms with Crippen LogP contribution in [0.4, 0.5) is 4.39 Å². The molecule has 0 saturated heterocycles. The minimum absolute atomic E-state index is 0.239. The van der Waals surface area contributed by atoms with Gasteiger partial charge in [-0.1, -0.05) is 0 Å². The Morgan fingerprint density at radius 1 is 1.40 bits per heavy atom. The Labute approximate surface area is 85.2 Å². The van der Waals surface area contributed by atoms with Gasteiger partial charge in [0.25, 0.3) is 5.56 Å². The summed E-state index contributed by atoms with van der Waals surface area (Å²) in [4.78, 5) is 13.9. The number of hydrogen-bond donors (Lipinski definition) is 2. The van der Waals surface area contributed by atoms with E-state index in [1.54, 1.807) is 13.0 Å². The van der Waals surface area contributed by atoms with Crippen LogP contribution in [0.15, 0.2) is 23.0 Å². The number of rotatable bonds is 1. The molecule has 0 radical (unpaired) electrons. The van der Waals surface area contributed by atoms with Gasteiger partial charge in [-0.15, -0.1) is 0 Å². The quantitative estimate of drug-likeness (QED) is 0.744. The molecule has 1 heterocycles. The molecule has 0 unspecified atom stereocenters. The van der Waals surface area contributed by atoms with Gasteiger partial charge >= 0.3 is 0 Å². The number of hydrogen-bond acceptors (Lipinski definition) is 2. The number of fused-ring (bicyclic) bond motifs is 1. The average Bonchev–Trinajstić information content (AvgIpc) is 2.21. The van der Waals surface area contributed by atoms with Gasteiger partial charge in [0.1, 0.15) is 5.82 Å². The Bertz CT molecular complexity index is 575. The van der Waals surface area contributed by atoms with Gasteiger partial charge in [-0.05, 0) is 30.7 Å². The highest BCUT2D eigenvalue weighted by atomic mass is 19.1. The molecule has 0 saturated carbocycles. The Morgan fingerprint density at radius 3 is 2.80 bits per heavy atom. The van der Waals surface area contributed by atoms with Crippen molar-refractivity contribution in [2.24, 2.45) is 0 Å². The van der Waals surface area contributed by atoms with Crippen LogP contribution in [0.3, 0.4) is 0 Å². The van der Waals surface area contributed by atoms with E-state index in [0.717, 1.165) is 0 Å². The Morgan fingerprint density at radius 2 is 2.13 bits per heavy atom. The summed E-state index contributed by atoms with van der Waals surface area (Å²) in [6.07, 6.45) is 0. The lowest BCUT2D eigenvalue weighted by Crippen LogP contribution is -2.09. The first kappa shape index (κ1) is 9.86. The number of halogens is 1. The normalized spacial score (nSPS) is 10.9. The molecule has 2 N–H and O–H groups in total. The summed E-state index contributed by atoms with van der Waals surface area (Å²) < 4.78 is 13.5. The maximum absolute atomic E-state index is 13.5. The zero-order valence-electron chi connectivity index (χ0n) is 8.17. The van der Waals surface area contributed by atoms with E-state index in [4.69, 9.17) is 5.11 Å². The molecule has 1 aromatic heterocycles. The standard InChI is InChI=1S/C11H10FNO2/c1-6-2-8-9(12)3-7(5-14)4-10(8)13-11(6)15/h2-4,14H,5H2,1H3,(H,13,15). The average molecular weight is 207 g/mol. The van der Waals surface area contributed by atoms with Crippen LogP contribution < -0.4 is 5.56 Å². The van der Waals surface area contributed by atoms with E-state index in [-0.39, 0.29) is 12.2 Å². The first-order valence-corrected chi connectivity index (χ1v) is 4.54. The molecule has 0 aliphatic carbocycles.